The number of aromatic nitrogens is 1. The third kappa shape index (κ3) is 3.23. The maximum atomic E-state index is 11.9. The van der Waals surface area contributed by atoms with E-state index in [0.717, 1.165) is 6.07 Å². The molecule has 1 aromatic heterocycles. The summed E-state index contributed by atoms with van der Waals surface area (Å²) in [6.45, 7) is 0. The molecule has 0 amide bonds. The van der Waals surface area contributed by atoms with Crippen molar-refractivity contribution in [2.45, 2.75) is 6.18 Å². The number of aliphatic hydroxyl groups is 1. The van der Waals surface area contributed by atoms with Gasteiger partial charge in [0.1, 0.15) is 10.9 Å². The van der Waals surface area contributed by atoms with Gasteiger partial charge in [0.25, 0.3) is 5.78 Å². The highest BCUT2D eigenvalue weighted by Crippen LogP contribution is 2.20. The van der Waals surface area contributed by atoms with Gasteiger partial charge in [-0.05, 0) is 12.1 Å². The van der Waals surface area contributed by atoms with Crippen molar-refractivity contribution in [3.8, 4) is 0 Å². The molecule has 0 aliphatic heterocycles. The minimum absolute atomic E-state index is 0.00286. The average Bonchev–Trinajstić information content (AvgIpc) is 2.16. The molecule has 0 fully saturated rings. The van der Waals surface area contributed by atoms with Crippen molar-refractivity contribution in [3.05, 3.63) is 35.1 Å². The monoisotopic (exact) mass is 251 g/mol. The molecule has 0 saturated carbocycles. The molecule has 0 atom stereocenters. The SMILES string of the molecule is O=C(/C=C(\O)c1ccnc(Cl)c1)C(F)(F)F. The highest BCUT2D eigenvalue weighted by atomic mass is 35.5. The molecule has 0 bridgehead atoms. The summed E-state index contributed by atoms with van der Waals surface area (Å²) in [5, 5.41) is 9.23. The molecule has 0 spiro atoms. The van der Waals surface area contributed by atoms with Gasteiger partial charge in [0.2, 0.25) is 0 Å². The minimum atomic E-state index is -5.01. The third-order valence-electron chi connectivity index (χ3n) is 1.57. The second-order valence-electron chi connectivity index (χ2n) is 2.76. The number of rotatable bonds is 2. The van der Waals surface area contributed by atoms with Gasteiger partial charge in [-0.3, -0.25) is 4.79 Å². The van der Waals surface area contributed by atoms with Crippen molar-refractivity contribution in [3.63, 3.8) is 0 Å². The fourth-order valence-electron chi connectivity index (χ4n) is 0.851. The number of nitrogens with zero attached hydrogens (tertiary/aromatic N) is 1. The highest BCUT2D eigenvalue weighted by Gasteiger charge is 2.36. The molecule has 0 aliphatic carbocycles. The van der Waals surface area contributed by atoms with Crippen LogP contribution >= 0.6 is 11.6 Å². The number of halogens is 4. The van der Waals surface area contributed by atoms with Crippen molar-refractivity contribution in [2.24, 2.45) is 0 Å². The molecule has 0 saturated heterocycles. The lowest BCUT2D eigenvalue weighted by Crippen LogP contribution is -2.20. The Balaban J connectivity index is 2.99. The fourth-order valence-corrected chi connectivity index (χ4v) is 1.03. The number of alkyl halides is 3. The largest absolute Gasteiger partial charge is 0.507 e. The number of hydrogen-bond donors (Lipinski definition) is 1. The van der Waals surface area contributed by atoms with Crippen LogP contribution in [0.4, 0.5) is 13.2 Å². The summed E-state index contributed by atoms with van der Waals surface area (Å²) >= 11 is 5.46. The second kappa shape index (κ2) is 4.52. The molecule has 16 heavy (non-hydrogen) atoms. The van der Waals surface area contributed by atoms with E-state index in [9.17, 15) is 23.1 Å². The molecule has 1 rings (SSSR count). The zero-order valence-electron chi connectivity index (χ0n) is 7.62. The predicted molar refractivity (Wildman–Crippen MR) is 50.9 cm³/mol. The van der Waals surface area contributed by atoms with Crippen LogP contribution in [0.5, 0.6) is 0 Å². The summed E-state index contributed by atoms with van der Waals surface area (Å²) in [6.07, 6.45) is -3.73. The number of ketones is 1. The van der Waals surface area contributed by atoms with Crippen molar-refractivity contribution in [1.82, 2.24) is 4.98 Å². The van der Waals surface area contributed by atoms with Crippen molar-refractivity contribution < 1.29 is 23.1 Å². The zero-order chi connectivity index (χ0) is 12.3. The lowest BCUT2D eigenvalue weighted by molar-refractivity contribution is -0.165. The van der Waals surface area contributed by atoms with Crippen LogP contribution in [-0.4, -0.2) is 22.1 Å². The first-order valence-corrected chi connectivity index (χ1v) is 4.32. The average molecular weight is 252 g/mol. The highest BCUT2D eigenvalue weighted by molar-refractivity contribution is 6.29. The Bertz CT molecular complexity index is 443. The Hall–Kier alpha value is -1.56. The van der Waals surface area contributed by atoms with Gasteiger partial charge < -0.3 is 5.11 Å². The quantitative estimate of drug-likeness (QED) is 0.499. The van der Waals surface area contributed by atoms with E-state index in [1.54, 1.807) is 0 Å². The topological polar surface area (TPSA) is 50.2 Å². The lowest BCUT2D eigenvalue weighted by Gasteiger charge is -2.02. The Morgan fingerprint density at radius 1 is 1.50 bits per heavy atom. The predicted octanol–water partition coefficient (Wildman–Crippen LogP) is 2.77. The molecule has 86 valence electrons. The van der Waals surface area contributed by atoms with E-state index >= 15 is 0 Å². The maximum absolute atomic E-state index is 11.9. The van der Waals surface area contributed by atoms with Crippen LogP contribution in [0, 0.1) is 0 Å². The Morgan fingerprint density at radius 3 is 2.62 bits per heavy atom. The Kier molecular flexibility index (Phi) is 3.54. The summed E-state index contributed by atoms with van der Waals surface area (Å²) < 4.78 is 35.6. The summed E-state index contributed by atoms with van der Waals surface area (Å²) in [4.78, 5) is 14.1. The van der Waals surface area contributed by atoms with Gasteiger partial charge in [0.05, 0.1) is 0 Å². The van der Waals surface area contributed by atoms with Gasteiger partial charge >= 0.3 is 6.18 Å². The Labute approximate surface area is 93.2 Å². The van der Waals surface area contributed by atoms with Gasteiger partial charge in [-0.2, -0.15) is 13.2 Å². The maximum Gasteiger partial charge on any atom is 0.454 e. The van der Waals surface area contributed by atoms with Crippen molar-refractivity contribution in [2.75, 3.05) is 0 Å². The molecule has 0 radical (unpaired) electrons. The van der Waals surface area contributed by atoms with Gasteiger partial charge in [0, 0.05) is 17.8 Å². The third-order valence-corrected chi connectivity index (χ3v) is 1.78. The first-order chi connectivity index (χ1) is 7.30. The van der Waals surface area contributed by atoms with E-state index < -0.39 is 17.7 Å². The number of carbonyl (C=O) groups is 1. The first-order valence-electron chi connectivity index (χ1n) is 3.94. The summed E-state index contributed by atoms with van der Waals surface area (Å²) in [6, 6.07) is 2.36. The molecule has 0 aliphatic rings. The van der Waals surface area contributed by atoms with Crippen molar-refractivity contribution >= 4 is 23.1 Å². The number of aliphatic hydroxyl groups excluding tert-OH is 1. The van der Waals surface area contributed by atoms with E-state index in [2.05, 4.69) is 4.98 Å². The first kappa shape index (κ1) is 12.5. The lowest BCUT2D eigenvalue weighted by atomic mass is 10.2. The number of allylic oxidation sites excluding steroid dienone is 1. The minimum Gasteiger partial charge on any atom is -0.507 e. The van der Waals surface area contributed by atoms with Crippen LogP contribution in [0.1, 0.15) is 5.56 Å². The van der Waals surface area contributed by atoms with Gasteiger partial charge in [0.15, 0.2) is 0 Å². The summed E-state index contributed by atoms with van der Waals surface area (Å²) in [7, 11) is 0. The molecular formula is C9H5ClF3NO2. The van der Waals surface area contributed by atoms with Crippen LogP contribution in [0.25, 0.3) is 5.76 Å². The van der Waals surface area contributed by atoms with E-state index in [4.69, 9.17) is 11.6 Å². The summed E-state index contributed by atoms with van der Waals surface area (Å²) in [5.41, 5.74) is -0.0161. The smallest absolute Gasteiger partial charge is 0.454 e. The van der Waals surface area contributed by atoms with Crippen LogP contribution in [0.15, 0.2) is 24.4 Å². The zero-order valence-corrected chi connectivity index (χ0v) is 8.38. The fraction of sp³-hybridized carbons (Fsp3) is 0.111. The number of pyridine rings is 1. The van der Waals surface area contributed by atoms with Crippen LogP contribution in [-0.2, 0) is 4.79 Å². The van der Waals surface area contributed by atoms with Crippen LogP contribution in [0.3, 0.4) is 0 Å². The van der Waals surface area contributed by atoms with Gasteiger partial charge in [-0.1, -0.05) is 11.6 Å². The van der Waals surface area contributed by atoms with E-state index in [1.165, 1.54) is 12.3 Å². The molecule has 1 N–H and O–H groups in total. The van der Waals surface area contributed by atoms with Crippen molar-refractivity contribution in [1.29, 1.82) is 0 Å². The molecule has 7 heteroatoms. The molecule has 3 nitrogen and oxygen atoms in total. The van der Waals surface area contributed by atoms with E-state index in [-0.39, 0.29) is 16.8 Å². The van der Waals surface area contributed by atoms with Crippen LogP contribution < -0.4 is 0 Å². The molecule has 0 unspecified atom stereocenters. The summed E-state index contributed by atoms with van der Waals surface area (Å²) in [5.74, 6) is -2.95. The standard InChI is InChI=1S/C9H5ClF3NO2/c10-8-3-5(1-2-14-8)6(15)4-7(16)9(11,12)13/h1-4,15H/b6-4-. The van der Waals surface area contributed by atoms with Gasteiger partial charge in [-0.25, -0.2) is 4.98 Å². The number of hydrogen-bond acceptors (Lipinski definition) is 3. The van der Waals surface area contributed by atoms with Gasteiger partial charge in [-0.15, -0.1) is 0 Å². The molecule has 1 heterocycles. The molecule has 0 aromatic carbocycles. The van der Waals surface area contributed by atoms with Crippen LogP contribution in [0.2, 0.25) is 5.15 Å². The van der Waals surface area contributed by atoms with E-state index in [0.29, 0.717) is 0 Å². The molecule has 1 aromatic rings. The second-order valence-corrected chi connectivity index (χ2v) is 3.15. The Morgan fingerprint density at radius 2 is 2.12 bits per heavy atom. The van der Waals surface area contributed by atoms with E-state index in [1.807, 2.05) is 0 Å². The normalized spacial score (nSPS) is 12.6. The molecular weight excluding hydrogens is 247 g/mol. The number of carbonyl (C=O) groups excluding carboxylic acids is 1.